The Kier molecular flexibility index (Phi) is 4.38. The number of imidazole rings is 1. The standard InChI is InChI=1S/C21H21N5O2/c27-20-19(16-6-2-1-3-7-16)23-26-18-9-5-4-8-17(18)22-21(26)25(20)11-10-24-12-14-28-15-13-24/h1-9H,10-15H2. The lowest BCUT2D eigenvalue weighted by Gasteiger charge is -2.26. The molecule has 4 aromatic rings. The first-order chi connectivity index (χ1) is 13.8. The van der Waals surface area contributed by atoms with Crippen molar-refractivity contribution in [2.75, 3.05) is 32.8 Å². The van der Waals surface area contributed by atoms with E-state index in [9.17, 15) is 4.79 Å². The summed E-state index contributed by atoms with van der Waals surface area (Å²) in [4.78, 5) is 20.3. The van der Waals surface area contributed by atoms with E-state index >= 15 is 0 Å². The number of benzene rings is 2. The third kappa shape index (κ3) is 2.98. The Bertz CT molecular complexity index is 1180. The zero-order chi connectivity index (χ0) is 18.9. The molecule has 0 atom stereocenters. The minimum absolute atomic E-state index is 0.109. The van der Waals surface area contributed by atoms with Gasteiger partial charge in [0.1, 0.15) is 0 Å². The van der Waals surface area contributed by atoms with Gasteiger partial charge in [-0.15, -0.1) is 0 Å². The van der Waals surface area contributed by atoms with E-state index in [0.29, 0.717) is 18.0 Å². The Balaban J connectivity index is 1.67. The van der Waals surface area contributed by atoms with Crippen LogP contribution in [0.1, 0.15) is 0 Å². The molecule has 0 N–H and O–H groups in total. The van der Waals surface area contributed by atoms with Crippen molar-refractivity contribution in [1.29, 1.82) is 0 Å². The fourth-order valence-corrected chi connectivity index (χ4v) is 3.68. The maximum atomic E-state index is 13.3. The van der Waals surface area contributed by atoms with Crippen LogP contribution in [0.2, 0.25) is 0 Å². The molecule has 5 rings (SSSR count). The van der Waals surface area contributed by atoms with Crippen molar-refractivity contribution >= 4 is 16.8 Å². The average molecular weight is 375 g/mol. The molecule has 7 heteroatoms. The lowest BCUT2D eigenvalue weighted by Crippen LogP contribution is -2.39. The van der Waals surface area contributed by atoms with Crippen molar-refractivity contribution in [3.63, 3.8) is 0 Å². The molecule has 0 saturated carbocycles. The highest BCUT2D eigenvalue weighted by molar-refractivity contribution is 5.79. The summed E-state index contributed by atoms with van der Waals surface area (Å²) in [5.41, 5.74) is 2.88. The summed E-state index contributed by atoms with van der Waals surface area (Å²) >= 11 is 0. The van der Waals surface area contributed by atoms with E-state index in [1.165, 1.54) is 0 Å². The highest BCUT2D eigenvalue weighted by atomic mass is 16.5. The zero-order valence-electron chi connectivity index (χ0n) is 15.5. The Labute approximate surface area is 161 Å². The second-order valence-corrected chi connectivity index (χ2v) is 6.94. The van der Waals surface area contributed by atoms with Crippen LogP contribution in [0, 0.1) is 0 Å². The Morgan fingerprint density at radius 1 is 0.929 bits per heavy atom. The number of nitrogens with zero attached hydrogens (tertiary/aromatic N) is 5. The number of hydrogen-bond acceptors (Lipinski definition) is 5. The zero-order valence-corrected chi connectivity index (χ0v) is 15.5. The van der Waals surface area contributed by atoms with Gasteiger partial charge in [0.2, 0.25) is 5.78 Å². The number of fused-ring (bicyclic) bond motifs is 3. The molecular formula is C21H21N5O2. The van der Waals surface area contributed by atoms with E-state index in [4.69, 9.17) is 9.72 Å². The molecule has 7 nitrogen and oxygen atoms in total. The third-order valence-electron chi connectivity index (χ3n) is 5.20. The SMILES string of the molecule is O=c1c(-c2ccccc2)nn2c3ccccc3nc2n1CCN1CCOCC1. The van der Waals surface area contributed by atoms with Crippen LogP contribution in [-0.4, -0.2) is 56.9 Å². The van der Waals surface area contributed by atoms with Gasteiger partial charge in [-0.2, -0.15) is 9.61 Å². The molecule has 0 radical (unpaired) electrons. The highest BCUT2D eigenvalue weighted by Gasteiger charge is 2.18. The van der Waals surface area contributed by atoms with Crippen LogP contribution >= 0.6 is 0 Å². The van der Waals surface area contributed by atoms with Crippen molar-refractivity contribution in [3.8, 4) is 11.3 Å². The van der Waals surface area contributed by atoms with Crippen molar-refractivity contribution in [2.24, 2.45) is 0 Å². The van der Waals surface area contributed by atoms with Gasteiger partial charge in [0, 0.05) is 31.7 Å². The molecule has 3 heterocycles. The summed E-state index contributed by atoms with van der Waals surface area (Å²) in [5.74, 6) is 0.583. The Morgan fingerprint density at radius 3 is 2.50 bits per heavy atom. The van der Waals surface area contributed by atoms with Crippen LogP contribution in [0.3, 0.4) is 0 Å². The number of ether oxygens (including phenoxy) is 1. The van der Waals surface area contributed by atoms with Gasteiger partial charge in [-0.25, -0.2) is 4.98 Å². The first kappa shape index (κ1) is 17.1. The van der Waals surface area contributed by atoms with Gasteiger partial charge in [-0.3, -0.25) is 14.3 Å². The first-order valence-electron chi connectivity index (χ1n) is 9.55. The molecule has 0 unspecified atom stereocenters. The smallest absolute Gasteiger partial charge is 0.281 e. The van der Waals surface area contributed by atoms with Gasteiger partial charge in [0.15, 0.2) is 5.69 Å². The largest absolute Gasteiger partial charge is 0.379 e. The van der Waals surface area contributed by atoms with Crippen molar-refractivity contribution < 1.29 is 4.74 Å². The van der Waals surface area contributed by atoms with E-state index < -0.39 is 0 Å². The summed E-state index contributed by atoms with van der Waals surface area (Å²) in [7, 11) is 0. The van der Waals surface area contributed by atoms with E-state index in [-0.39, 0.29) is 5.56 Å². The lowest BCUT2D eigenvalue weighted by atomic mass is 10.2. The number of hydrogen-bond donors (Lipinski definition) is 0. The second-order valence-electron chi connectivity index (χ2n) is 6.94. The molecule has 28 heavy (non-hydrogen) atoms. The maximum Gasteiger partial charge on any atom is 0.281 e. The molecule has 142 valence electrons. The van der Waals surface area contributed by atoms with Gasteiger partial charge in [0.25, 0.3) is 5.56 Å². The molecule has 2 aromatic heterocycles. The van der Waals surface area contributed by atoms with Crippen LogP contribution < -0.4 is 5.56 Å². The van der Waals surface area contributed by atoms with E-state index in [2.05, 4.69) is 10.00 Å². The number of para-hydroxylation sites is 2. The quantitative estimate of drug-likeness (QED) is 0.546. The predicted octanol–water partition coefficient (Wildman–Crippen LogP) is 2.04. The minimum Gasteiger partial charge on any atom is -0.379 e. The van der Waals surface area contributed by atoms with Crippen LogP contribution in [-0.2, 0) is 11.3 Å². The Morgan fingerprint density at radius 2 is 1.68 bits per heavy atom. The van der Waals surface area contributed by atoms with Gasteiger partial charge in [-0.05, 0) is 12.1 Å². The Hall–Kier alpha value is -3.03. The molecule has 1 fully saturated rings. The van der Waals surface area contributed by atoms with Crippen LogP contribution in [0.5, 0.6) is 0 Å². The fourth-order valence-electron chi connectivity index (χ4n) is 3.68. The molecule has 2 aromatic carbocycles. The highest BCUT2D eigenvalue weighted by Crippen LogP contribution is 2.18. The van der Waals surface area contributed by atoms with E-state index in [1.54, 1.807) is 9.08 Å². The topological polar surface area (TPSA) is 64.7 Å². The monoisotopic (exact) mass is 375 g/mol. The first-order valence-corrected chi connectivity index (χ1v) is 9.55. The summed E-state index contributed by atoms with van der Waals surface area (Å²) in [5, 5.41) is 4.68. The van der Waals surface area contributed by atoms with Gasteiger partial charge < -0.3 is 4.74 Å². The summed E-state index contributed by atoms with van der Waals surface area (Å²) in [6.45, 7) is 4.59. The third-order valence-corrected chi connectivity index (χ3v) is 5.20. The predicted molar refractivity (Wildman–Crippen MR) is 107 cm³/mol. The van der Waals surface area contributed by atoms with Crippen molar-refractivity contribution in [2.45, 2.75) is 6.54 Å². The van der Waals surface area contributed by atoms with E-state index in [0.717, 1.165) is 49.4 Å². The van der Waals surface area contributed by atoms with Gasteiger partial charge in [0.05, 0.1) is 24.2 Å². The average Bonchev–Trinajstić information content (AvgIpc) is 3.12. The van der Waals surface area contributed by atoms with Crippen LogP contribution in [0.25, 0.3) is 28.1 Å². The van der Waals surface area contributed by atoms with E-state index in [1.807, 2.05) is 54.6 Å². The lowest BCUT2D eigenvalue weighted by molar-refractivity contribution is 0.0364. The molecule has 1 aliphatic heterocycles. The number of morpholine rings is 1. The van der Waals surface area contributed by atoms with Crippen LogP contribution in [0.15, 0.2) is 59.4 Å². The number of aromatic nitrogens is 4. The molecule has 0 spiro atoms. The van der Waals surface area contributed by atoms with Crippen LogP contribution in [0.4, 0.5) is 0 Å². The van der Waals surface area contributed by atoms with Crippen molar-refractivity contribution in [3.05, 3.63) is 65.0 Å². The molecule has 0 bridgehead atoms. The summed E-state index contributed by atoms with van der Waals surface area (Å²) < 4.78 is 8.97. The summed E-state index contributed by atoms with van der Waals surface area (Å²) in [6, 6.07) is 17.5. The number of rotatable bonds is 4. The molecule has 1 saturated heterocycles. The van der Waals surface area contributed by atoms with Gasteiger partial charge >= 0.3 is 0 Å². The fraction of sp³-hybridized carbons (Fsp3) is 0.286. The molecule has 0 aliphatic carbocycles. The maximum absolute atomic E-state index is 13.3. The summed E-state index contributed by atoms with van der Waals surface area (Å²) in [6.07, 6.45) is 0. The van der Waals surface area contributed by atoms with Crippen molar-refractivity contribution in [1.82, 2.24) is 24.1 Å². The normalized spacial score (nSPS) is 15.4. The second kappa shape index (κ2) is 7.18. The van der Waals surface area contributed by atoms with Gasteiger partial charge in [-0.1, -0.05) is 42.5 Å². The molecule has 0 amide bonds. The minimum atomic E-state index is -0.109. The molecule has 1 aliphatic rings. The molecular weight excluding hydrogens is 354 g/mol.